The van der Waals surface area contributed by atoms with Gasteiger partial charge in [-0.15, -0.1) is 0 Å². The van der Waals surface area contributed by atoms with Gasteiger partial charge in [0.1, 0.15) is 5.82 Å². The zero-order valence-electron chi connectivity index (χ0n) is 11.5. The third-order valence-corrected chi connectivity index (χ3v) is 3.67. The summed E-state index contributed by atoms with van der Waals surface area (Å²) in [5, 5.41) is 13.1. The lowest BCUT2D eigenvalue weighted by Gasteiger charge is -2.35. The molecule has 0 bridgehead atoms. The van der Waals surface area contributed by atoms with Gasteiger partial charge in [-0.25, -0.2) is 4.39 Å². The van der Waals surface area contributed by atoms with Crippen molar-refractivity contribution in [3.63, 3.8) is 0 Å². The molecule has 3 heteroatoms. The smallest absolute Gasteiger partial charge is 0.123 e. The van der Waals surface area contributed by atoms with Crippen molar-refractivity contribution in [3.05, 3.63) is 30.1 Å². The third-order valence-electron chi connectivity index (χ3n) is 3.67. The topological polar surface area (TPSA) is 32.3 Å². The quantitative estimate of drug-likeness (QED) is 0.774. The van der Waals surface area contributed by atoms with Crippen molar-refractivity contribution in [2.75, 3.05) is 11.9 Å². The monoisotopic (exact) mass is 253 g/mol. The average Bonchev–Trinajstić information content (AvgIpc) is 2.40. The molecule has 2 unspecified atom stereocenters. The van der Waals surface area contributed by atoms with E-state index in [2.05, 4.69) is 26.1 Å². The Balaban J connectivity index is 2.81. The van der Waals surface area contributed by atoms with Crippen molar-refractivity contribution < 1.29 is 9.50 Å². The molecule has 2 N–H and O–H groups in total. The molecule has 0 radical (unpaired) electrons. The van der Waals surface area contributed by atoms with Crippen LogP contribution in [0.25, 0.3) is 0 Å². The normalized spacial score (nSPS) is 16.1. The Kier molecular flexibility index (Phi) is 5.60. The second-order valence-electron chi connectivity index (χ2n) is 5.14. The number of hydrogen-bond donors (Lipinski definition) is 2. The van der Waals surface area contributed by atoms with Gasteiger partial charge >= 0.3 is 0 Å². The van der Waals surface area contributed by atoms with Crippen molar-refractivity contribution in [2.45, 2.75) is 45.6 Å². The van der Waals surface area contributed by atoms with Crippen molar-refractivity contribution in [2.24, 2.45) is 5.92 Å². The maximum atomic E-state index is 12.9. The van der Waals surface area contributed by atoms with Gasteiger partial charge in [-0.2, -0.15) is 0 Å². The van der Waals surface area contributed by atoms with E-state index in [9.17, 15) is 9.50 Å². The van der Waals surface area contributed by atoms with E-state index in [0.717, 1.165) is 24.9 Å². The molecule has 2 atom stereocenters. The van der Waals surface area contributed by atoms with Crippen LogP contribution in [0.2, 0.25) is 0 Å². The fourth-order valence-corrected chi connectivity index (χ4v) is 2.15. The first-order chi connectivity index (χ1) is 8.55. The van der Waals surface area contributed by atoms with Gasteiger partial charge in [0.15, 0.2) is 0 Å². The largest absolute Gasteiger partial charge is 0.394 e. The Morgan fingerprint density at radius 2 is 1.89 bits per heavy atom. The van der Waals surface area contributed by atoms with Crippen LogP contribution < -0.4 is 5.32 Å². The second-order valence-corrected chi connectivity index (χ2v) is 5.14. The molecule has 0 aliphatic heterocycles. The first-order valence-corrected chi connectivity index (χ1v) is 6.70. The molecule has 0 heterocycles. The Hall–Kier alpha value is -1.09. The highest BCUT2D eigenvalue weighted by molar-refractivity contribution is 5.45. The Labute approximate surface area is 109 Å². The van der Waals surface area contributed by atoms with Gasteiger partial charge in [0.25, 0.3) is 0 Å². The van der Waals surface area contributed by atoms with Gasteiger partial charge < -0.3 is 10.4 Å². The molecule has 0 aliphatic carbocycles. The summed E-state index contributed by atoms with van der Waals surface area (Å²) < 4.78 is 12.9. The van der Waals surface area contributed by atoms with Gasteiger partial charge in [0.2, 0.25) is 0 Å². The maximum absolute atomic E-state index is 12.9. The molecule has 1 aromatic rings. The molecule has 1 aromatic carbocycles. The summed E-state index contributed by atoms with van der Waals surface area (Å²) in [7, 11) is 0. The lowest BCUT2D eigenvalue weighted by atomic mass is 9.85. The highest BCUT2D eigenvalue weighted by Crippen LogP contribution is 2.27. The van der Waals surface area contributed by atoms with Crippen molar-refractivity contribution in [1.82, 2.24) is 0 Å². The number of aliphatic hydroxyl groups excluding tert-OH is 1. The molecule has 18 heavy (non-hydrogen) atoms. The summed E-state index contributed by atoms with van der Waals surface area (Å²) in [6, 6.07) is 6.30. The highest BCUT2D eigenvalue weighted by atomic mass is 19.1. The predicted molar refractivity (Wildman–Crippen MR) is 74.2 cm³/mol. The summed E-state index contributed by atoms with van der Waals surface area (Å²) in [6.45, 7) is 6.49. The zero-order valence-corrected chi connectivity index (χ0v) is 11.5. The van der Waals surface area contributed by atoms with Crippen LogP contribution in [0.3, 0.4) is 0 Å². The predicted octanol–water partition coefficient (Wildman–Crippen LogP) is 3.81. The minimum Gasteiger partial charge on any atom is -0.394 e. The summed E-state index contributed by atoms with van der Waals surface area (Å²) in [6.07, 6.45) is 2.84. The Morgan fingerprint density at radius 3 is 2.33 bits per heavy atom. The van der Waals surface area contributed by atoms with E-state index >= 15 is 0 Å². The Bertz CT molecular complexity index is 346. The van der Waals surface area contributed by atoms with Crippen LogP contribution in [0.1, 0.15) is 40.0 Å². The molecule has 0 aliphatic rings. The summed E-state index contributed by atoms with van der Waals surface area (Å²) >= 11 is 0. The van der Waals surface area contributed by atoms with E-state index < -0.39 is 0 Å². The lowest BCUT2D eigenvalue weighted by Crippen LogP contribution is -2.43. The molecule has 0 saturated heterocycles. The van der Waals surface area contributed by atoms with Gasteiger partial charge in [-0.05, 0) is 43.0 Å². The van der Waals surface area contributed by atoms with Crippen LogP contribution in [-0.2, 0) is 0 Å². The number of anilines is 1. The number of aliphatic hydroxyl groups is 1. The summed E-state index contributed by atoms with van der Waals surface area (Å²) in [4.78, 5) is 0. The van der Waals surface area contributed by atoms with E-state index in [0.29, 0.717) is 5.92 Å². The van der Waals surface area contributed by atoms with E-state index in [1.807, 2.05) is 0 Å². The van der Waals surface area contributed by atoms with Crippen LogP contribution in [-0.4, -0.2) is 17.3 Å². The minimum atomic E-state index is -0.312. The highest BCUT2D eigenvalue weighted by Gasteiger charge is 2.28. The van der Waals surface area contributed by atoms with E-state index in [1.54, 1.807) is 12.1 Å². The average molecular weight is 253 g/mol. The molecular formula is C15H24FNO. The fraction of sp³-hybridized carbons (Fsp3) is 0.600. The first kappa shape index (κ1) is 15.0. The summed E-state index contributed by atoms with van der Waals surface area (Å²) in [5.41, 5.74) is 0.545. The van der Waals surface area contributed by atoms with Crippen LogP contribution in [0.15, 0.2) is 24.3 Å². The second kappa shape index (κ2) is 6.74. The SMILES string of the molecule is CCC(C)CC(CC)(CO)Nc1ccc(F)cc1. The molecule has 0 aromatic heterocycles. The Morgan fingerprint density at radius 1 is 1.28 bits per heavy atom. The van der Waals surface area contributed by atoms with Crippen LogP contribution in [0.5, 0.6) is 0 Å². The van der Waals surface area contributed by atoms with Crippen molar-refractivity contribution in [3.8, 4) is 0 Å². The minimum absolute atomic E-state index is 0.0885. The molecule has 1 rings (SSSR count). The fourth-order valence-electron chi connectivity index (χ4n) is 2.15. The summed E-state index contributed by atoms with van der Waals surface area (Å²) in [5.74, 6) is 0.304. The molecule has 0 saturated carbocycles. The third kappa shape index (κ3) is 3.98. The van der Waals surface area contributed by atoms with Crippen LogP contribution >= 0.6 is 0 Å². The van der Waals surface area contributed by atoms with Crippen LogP contribution in [0.4, 0.5) is 10.1 Å². The molecule has 102 valence electrons. The van der Waals surface area contributed by atoms with Gasteiger partial charge in [-0.3, -0.25) is 0 Å². The number of benzene rings is 1. The van der Waals surface area contributed by atoms with E-state index in [-0.39, 0.29) is 18.0 Å². The number of halogens is 1. The van der Waals surface area contributed by atoms with Crippen molar-refractivity contribution >= 4 is 5.69 Å². The number of rotatable bonds is 7. The molecule has 0 amide bonds. The molecule has 0 spiro atoms. The first-order valence-electron chi connectivity index (χ1n) is 6.70. The molecule has 0 fully saturated rings. The van der Waals surface area contributed by atoms with E-state index in [1.165, 1.54) is 12.1 Å². The van der Waals surface area contributed by atoms with Crippen molar-refractivity contribution in [1.29, 1.82) is 0 Å². The lowest BCUT2D eigenvalue weighted by molar-refractivity contribution is 0.181. The van der Waals surface area contributed by atoms with Gasteiger partial charge in [0, 0.05) is 5.69 Å². The van der Waals surface area contributed by atoms with Gasteiger partial charge in [-0.1, -0.05) is 27.2 Å². The maximum Gasteiger partial charge on any atom is 0.123 e. The number of nitrogens with one attached hydrogen (secondary N) is 1. The zero-order chi connectivity index (χ0) is 13.6. The number of hydrogen-bond acceptors (Lipinski definition) is 2. The van der Waals surface area contributed by atoms with E-state index in [4.69, 9.17) is 0 Å². The standard InChI is InChI=1S/C15H24FNO/c1-4-12(3)10-15(5-2,11-18)17-14-8-6-13(16)7-9-14/h6-9,12,17-18H,4-5,10-11H2,1-3H3. The van der Waals surface area contributed by atoms with Crippen LogP contribution in [0, 0.1) is 11.7 Å². The van der Waals surface area contributed by atoms with Gasteiger partial charge in [0.05, 0.1) is 12.1 Å². The molecule has 2 nitrogen and oxygen atoms in total. The molecular weight excluding hydrogens is 229 g/mol.